The molecule has 0 spiro atoms. The zero-order chi connectivity index (χ0) is 46.8. The van der Waals surface area contributed by atoms with Crippen LogP contribution in [0.3, 0.4) is 0 Å². The van der Waals surface area contributed by atoms with Crippen molar-refractivity contribution in [1.82, 2.24) is 30.2 Å². The lowest BCUT2D eigenvalue weighted by molar-refractivity contribution is -0.137. The highest BCUT2D eigenvalue weighted by atomic mass is 32.2. The average molecular weight is 978 g/mol. The van der Waals surface area contributed by atoms with Gasteiger partial charge in [0.05, 0.1) is 19.5 Å². The normalized spacial score (nSPS) is 20.6. The van der Waals surface area contributed by atoms with Crippen molar-refractivity contribution in [1.29, 1.82) is 0 Å². The van der Waals surface area contributed by atoms with E-state index < -0.39 is 84.6 Å². The lowest BCUT2D eigenvalue weighted by Gasteiger charge is -2.30. The van der Waals surface area contributed by atoms with Gasteiger partial charge in [0, 0.05) is 37.1 Å². The Morgan fingerprint density at radius 2 is 1.52 bits per heavy atom. The number of fused-ring (bicyclic) bond motifs is 1. The van der Waals surface area contributed by atoms with E-state index in [0.717, 1.165) is 48.2 Å². The fraction of sp³-hybridized carbons (Fsp3) is 0.771. The molecule has 1 aliphatic heterocycles. The average Bonchev–Trinajstić information content (AvgIpc) is 3.76. The summed E-state index contributed by atoms with van der Waals surface area (Å²) in [4.78, 5) is 88.2. The van der Waals surface area contributed by atoms with Crippen LogP contribution in [0.1, 0.15) is 110 Å². The third kappa shape index (κ3) is 19.5. The molecule has 0 bridgehead atoms. The largest absolute Gasteiger partial charge is 0.481 e. The van der Waals surface area contributed by atoms with E-state index in [4.69, 9.17) is 19.5 Å². The van der Waals surface area contributed by atoms with Crippen molar-refractivity contribution < 1.29 is 80.5 Å². The van der Waals surface area contributed by atoms with Gasteiger partial charge < -0.3 is 50.9 Å². The molecular formula is C35H62N7O17P3S. The van der Waals surface area contributed by atoms with Gasteiger partial charge in [0.25, 0.3) is 0 Å². The Morgan fingerprint density at radius 3 is 2.16 bits per heavy atom. The van der Waals surface area contributed by atoms with E-state index in [2.05, 4.69) is 41.3 Å². The SMILES string of the molecule is CCCCCCCCCCCCCC(=O)SCCNC(=O)CCNC(=O)[C@H](O)C(C)(C)COP(=O)(O)OP(=O)(O)OC[C@H]1O[C@@H](n2cnc3c(N)ncnc32)C(O)[C@H]1OP(=O)(O)O. The van der Waals surface area contributed by atoms with Gasteiger partial charge in [-0.3, -0.25) is 32.5 Å². The Bertz CT molecular complexity index is 1920. The molecule has 28 heteroatoms. The second-order valence-corrected chi connectivity index (χ2v) is 21.0. The van der Waals surface area contributed by atoms with Crippen molar-refractivity contribution in [3.63, 3.8) is 0 Å². The molecule has 1 saturated heterocycles. The van der Waals surface area contributed by atoms with Gasteiger partial charge in [-0.05, 0) is 6.42 Å². The molecule has 1 fully saturated rings. The van der Waals surface area contributed by atoms with Crippen molar-refractivity contribution in [3.8, 4) is 0 Å². The third-order valence-corrected chi connectivity index (χ3v) is 13.8. The number of unbranched alkanes of at least 4 members (excludes halogenated alkanes) is 10. The number of imidazole rings is 1. The first-order valence-corrected chi connectivity index (χ1v) is 26.1. The van der Waals surface area contributed by atoms with Crippen LogP contribution in [0.5, 0.6) is 0 Å². The summed E-state index contributed by atoms with van der Waals surface area (Å²) in [5.74, 6) is -1.02. The van der Waals surface area contributed by atoms with E-state index in [1.54, 1.807) is 0 Å². The molecule has 2 amide bonds. The zero-order valence-electron chi connectivity index (χ0n) is 35.6. The Kier molecular flexibility index (Phi) is 22.7. The van der Waals surface area contributed by atoms with E-state index in [0.29, 0.717) is 12.2 Å². The number of thioether (sulfide) groups is 1. The number of carbonyl (C=O) groups is 3. The number of phosphoric acid groups is 3. The Morgan fingerprint density at radius 1 is 0.905 bits per heavy atom. The van der Waals surface area contributed by atoms with Crippen LogP contribution in [0, 0.1) is 5.41 Å². The van der Waals surface area contributed by atoms with Crippen molar-refractivity contribution in [2.75, 3.05) is 37.8 Å². The molecule has 7 atom stereocenters. The molecule has 2 aromatic rings. The first-order valence-electron chi connectivity index (χ1n) is 20.6. The fourth-order valence-corrected chi connectivity index (χ4v) is 9.85. The molecule has 1 aliphatic rings. The molecule has 3 rings (SSSR count). The summed E-state index contributed by atoms with van der Waals surface area (Å²) >= 11 is 1.15. The van der Waals surface area contributed by atoms with Crippen LogP contribution in [0.25, 0.3) is 11.2 Å². The first kappa shape index (κ1) is 54.9. The van der Waals surface area contributed by atoms with Gasteiger partial charge >= 0.3 is 23.5 Å². The zero-order valence-corrected chi connectivity index (χ0v) is 39.1. The minimum atomic E-state index is -5.57. The number of amides is 2. The second-order valence-electron chi connectivity index (χ2n) is 15.6. The van der Waals surface area contributed by atoms with Gasteiger partial charge in [-0.25, -0.2) is 28.6 Å². The number of nitrogen functional groups attached to an aromatic ring is 1. The number of hydrogen-bond acceptors (Lipinski definition) is 18. The Balaban J connectivity index is 1.35. The highest BCUT2D eigenvalue weighted by molar-refractivity contribution is 8.13. The molecule has 0 saturated carbocycles. The summed E-state index contributed by atoms with van der Waals surface area (Å²) in [5.41, 5.74) is 4.29. The van der Waals surface area contributed by atoms with E-state index in [-0.39, 0.29) is 41.6 Å². The number of nitrogens with zero attached hydrogens (tertiary/aromatic N) is 4. The molecule has 0 radical (unpaired) electrons. The Labute approximate surface area is 369 Å². The Hall–Kier alpha value is -2.44. The number of anilines is 1. The van der Waals surface area contributed by atoms with Crippen LogP contribution >= 0.6 is 35.2 Å². The predicted molar refractivity (Wildman–Crippen MR) is 228 cm³/mol. The summed E-state index contributed by atoms with van der Waals surface area (Å²) < 4.78 is 62.3. The molecule has 0 aromatic carbocycles. The number of aliphatic hydroxyl groups is 2. The summed E-state index contributed by atoms with van der Waals surface area (Å²) in [6.45, 7) is 2.79. The van der Waals surface area contributed by atoms with Crippen LogP contribution in [-0.2, 0) is 50.7 Å². The third-order valence-electron chi connectivity index (χ3n) is 9.75. The fourth-order valence-electron chi connectivity index (χ4n) is 6.30. The number of rotatable bonds is 31. The topological polar surface area (TPSA) is 364 Å². The molecule has 3 heterocycles. The van der Waals surface area contributed by atoms with Crippen molar-refractivity contribution >= 4 is 69.1 Å². The van der Waals surface area contributed by atoms with Crippen LogP contribution in [0.15, 0.2) is 12.7 Å². The number of aromatic nitrogens is 4. The van der Waals surface area contributed by atoms with Gasteiger partial charge in [-0.2, -0.15) is 4.31 Å². The van der Waals surface area contributed by atoms with Gasteiger partial charge in [-0.15, -0.1) is 0 Å². The number of ether oxygens (including phenoxy) is 1. The van der Waals surface area contributed by atoms with Crippen LogP contribution in [0.4, 0.5) is 5.82 Å². The predicted octanol–water partition coefficient (Wildman–Crippen LogP) is 3.37. The quantitative estimate of drug-likeness (QED) is 0.0386. The van der Waals surface area contributed by atoms with Gasteiger partial charge in [0.1, 0.15) is 36.3 Å². The van der Waals surface area contributed by atoms with Gasteiger partial charge in [0.15, 0.2) is 22.8 Å². The van der Waals surface area contributed by atoms with Gasteiger partial charge in [-0.1, -0.05) is 96.7 Å². The lowest BCUT2D eigenvalue weighted by atomic mass is 9.87. The number of nitrogens with two attached hydrogens (primary N) is 1. The van der Waals surface area contributed by atoms with Crippen molar-refractivity contribution in [2.24, 2.45) is 5.41 Å². The maximum absolute atomic E-state index is 12.7. The van der Waals surface area contributed by atoms with Crippen molar-refractivity contribution in [3.05, 3.63) is 12.7 Å². The maximum atomic E-state index is 12.7. The van der Waals surface area contributed by atoms with Gasteiger partial charge in [0.2, 0.25) is 11.8 Å². The van der Waals surface area contributed by atoms with Crippen LogP contribution in [0.2, 0.25) is 0 Å². The standard InChI is InChI=1S/C35H62N7O17P3S/c1-4-5-6-7-8-9-10-11-12-13-14-15-26(44)63-19-18-37-25(43)16-17-38-33(47)30(46)35(2,3)21-56-62(53,54)59-61(51,52)55-20-24-29(58-60(48,49)50)28(45)34(57-24)42-23-41-27-31(36)39-22-40-32(27)42/h22-24,28-30,34,45-46H,4-21H2,1-3H3,(H,37,43)(H,38,47)(H,51,52)(H,53,54)(H2,36,39,40)(H2,48,49,50)/t24-,28?,29+,30+,34-/m1/s1. The van der Waals surface area contributed by atoms with E-state index in [9.17, 15) is 57.9 Å². The van der Waals surface area contributed by atoms with E-state index in [1.165, 1.54) is 65.2 Å². The molecular weight excluding hydrogens is 915 g/mol. The monoisotopic (exact) mass is 977 g/mol. The number of carbonyl (C=O) groups excluding carboxylic acids is 3. The second kappa shape index (κ2) is 26.0. The minimum absolute atomic E-state index is 0.0335. The highest BCUT2D eigenvalue weighted by Gasteiger charge is 2.50. The summed E-state index contributed by atoms with van der Waals surface area (Å²) in [7, 11) is -16.4. The number of phosphoric ester groups is 3. The van der Waals surface area contributed by atoms with E-state index >= 15 is 0 Å². The summed E-state index contributed by atoms with van der Waals surface area (Å²) in [6, 6.07) is 0. The highest BCUT2D eigenvalue weighted by Crippen LogP contribution is 2.61. The first-order chi connectivity index (χ1) is 29.6. The smallest absolute Gasteiger partial charge is 0.386 e. The molecule has 0 aliphatic carbocycles. The number of nitrogens with one attached hydrogen (secondary N) is 2. The molecule has 24 nitrogen and oxygen atoms in total. The van der Waals surface area contributed by atoms with Crippen LogP contribution < -0.4 is 16.4 Å². The maximum Gasteiger partial charge on any atom is 0.481 e. The summed E-state index contributed by atoms with van der Waals surface area (Å²) in [6.07, 6.45) is 6.75. The minimum Gasteiger partial charge on any atom is -0.386 e. The summed E-state index contributed by atoms with van der Waals surface area (Å²) in [5, 5.41) is 26.6. The molecule has 3 unspecified atom stereocenters. The molecule has 63 heavy (non-hydrogen) atoms. The van der Waals surface area contributed by atoms with Crippen LogP contribution in [-0.4, -0.2) is 123 Å². The molecule has 10 N–H and O–H groups in total. The molecule has 2 aromatic heterocycles. The lowest BCUT2D eigenvalue weighted by Crippen LogP contribution is -2.46. The number of aliphatic hydroxyl groups excluding tert-OH is 2. The molecule has 360 valence electrons. The van der Waals surface area contributed by atoms with Crippen molar-refractivity contribution in [2.45, 2.75) is 135 Å². The number of hydrogen-bond donors (Lipinski definition) is 9. The van der Waals surface area contributed by atoms with E-state index in [1.807, 2.05) is 0 Å².